The van der Waals surface area contributed by atoms with Gasteiger partial charge in [-0.2, -0.15) is 13.2 Å². The second-order valence-electron chi connectivity index (χ2n) is 4.79. The summed E-state index contributed by atoms with van der Waals surface area (Å²) in [7, 11) is 1.62. The largest absolute Gasteiger partial charge is 0.496 e. The maximum Gasteiger partial charge on any atom is 0.389 e. The molecule has 1 unspecified atom stereocenters. The lowest BCUT2D eigenvalue weighted by Gasteiger charge is -2.28. The molecule has 1 aromatic carbocycles. The van der Waals surface area contributed by atoms with E-state index in [0.717, 1.165) is 29.8 Å². The van der Waals surface area contributed by atoms with Crippen LogP contribution in [0.15, 0.2) is 18.2 Å². The summed E-state index contributed by atoms with van der Waals surface area (Å²) in [6, 6.07) is 5.77. The van der Waals surface area contributed by atoms with Crippen molar-refractivity contribution in [1.29, 1.82) is 0 Å². The van der Waals surface area contributed by atoms with Crippen LogP contribution in [0.4, 0.5) is 13.2 Å². The number of alkyl halides is 3. The molecule has 2 rings (SSSR count). The van der Waals surface area contributed by atoms with Crippen LogP contribution in [0.25, 0.3) is 0 Å². The van der Waals surface area contributed by atoms with Crippen molar-refractivity contribution in [3.05, 3.63) is 29.3 Å². The van der Waals surface area contributed by atoms with Gasteiger partial charge in [0, 0.05) is 18.0 Å². The molecular weight excluding hydrogens is 255 g/mol. The Bertz CT molecular complexity index is 431. The lowest BCUT2D eigenvalue weighted by atomic mass is 9.90. The van der Waals surface area contributed by atoms with Crippen LogP contribution in [0.2, 0.25) is 0 Å². The van der Waals surface area contributed by atoms with E-state index in [2.05, 4.69) is 5.32 Å². The molecule has 0 bridgehead atoms. The molecule has 1 heterocycles. The predicted octanol–water partition coefficient (Wildman–Crippen LogP) is 3.61. The summed E-state index contributed by atoms with van der Waals surface area (Å²) in [4.78, 5) is 0. The molecule has 106 valence electrons. The zero-order chi connectivity index (χ0) is 13.9. The topological polar surface area (TPSA) is 21.3 Å². The van der Waals surface area contributed by atoms with Crippen LogP contribution in [-0.2, 0) is 6.42 Å². The van der Waals surface area contributed by atoms with E-state index in [1.807, 2.05) is 18.2 Å². The summed E-state index contributed by atoms with van der Waals surface area (Å²) in [5.74, 6) is 0.833. The minimum Gasteiger partial charge on any atom is -0.496 e. The van der Waals surface area contributed by atoms with Crippen LogP contribution in [0.5, 0.6) is 5.75 Å². The molecule has 0 saturated heterocycles. The molecule has 0 aliphatic carbocycles. The van der Waals surface area contributed by atoms with Gasteiger partial charge in [-0.05, 0) is 37.4 Å². The van der Waals surface area contributed by atoms with E-state index < -0.39 is 12.6 Å². The van der Waals surface area contributed by atoms with Crippen molar-refractivity contribution in [3.8, 4) is 5.75 Å². The van der Waals surface area contributed by atoms with E-state index in [4.69, 9.17) is 4.74 Å². The van der Waals surface area contributed by atoms with Gasteiger partial charge < -0.3 is 10.1 Å². The number of benzene rings is 1. The maximum atomic E-state index is 12.2. The van der Waals surface area contributed by atoms with Gasteiger partial charge in [0.1, 0.15) is 5.75 Å². The van der Waals surface area contributed by atoms with Crippen molar-refractivity contribution in [2.75, 3.05) is 13.7 Å². The Morgan fingerprint density at radius 2 is 2.16 bits per heavy atom. The highest BCUT2D eigenvalue weighted by Crippen LogP contribution is 2.33. The van der Waals surface area contributed by atoms with E-state index in [1.54, 1.807) is 7.11 Å². The Labute approximate surface area is 111 Å². The van der Waals surface area contributed by atoms with Gasteiger partial charge in [0.15, 0.2) is 0 Å². The van der Waals surface area contributed by atoms with E-state index in [0.29, 0.717) is 6.42 Å². The molecule has 1 aliphatic heterocycles. The summed E-state index contributed by atoms with van der Waals surface area (Å²) >= 11 is 0. The van der Waals surface area contributed by atoms with Gasteiger partial charge in [-0.15, -0.1) is 0 Å². The Hall–Kier alpha value is -1.23. The standard InChI is InChI=1S/C14H18F3NO/c1-19-13-6-2-4-10-11(13)7-9-18-12(10)5-3-8-14(15,16)17/h2,4,6,12,18H,3,5,7-9H2,1H3. The molecule has 0 radical (unpaired) electrons. The molecule has 0 fully saturated rings. The van der Waals surface area contributed by atoms with E-state index >= 15 is 0 Å². The molecule has 0 aromatic heterocycles. The molecule has 0 saturated carbocycles. The van der Waals surface area contributed by atoms with Crippen molar-refractivity contribution in [2.24, 2.45) is 0 Å². The molecule has 19 heavy (non-hydrogen) atoms. The monoisotopic (exact) mass is 273 g/mol. The van der Waals surface area contributed by atoms with Crippen molar-refractivity contribution in [3.63, 3.8) is 0 Å². The Morgan fingerprint density at radius 1 is 1.37 bits per heavy atom. The minimum absolute atomic E-state index is 0.00111. The van der Waals surface area contributed by atoms with Gasteiger partial charge in [-0.3, -0.25) is 0 Å². The molecule has 1 atom stereocenters. The molecular formula is C14H18F3NO. The zero-order valence-electron chi connectivity index (χ0n) is 10.9. The fraction of sp³-hybridized carbons (Fsp3) is 0.571. The van der Waals surface area contributed by atoms with E-state index in [9.17, 15) is 13.2 Å². The van der Waals surface area contributed by atoms with Crippen LogP contribution in [0.1, 0.15) is 36.4 Å². The highest BCUT2D eigenvalue weighted by molar-refractivity contribution is 5.43. The summed E-state index contributed by atoms with van der Waals surface area (Å²) < 4.78 is 41.9. The molecule has 2 nitrogen and oxygen atoms in total. The van der Waals surface area contributed by atoms with Crippen LogP contribution >= 0.6 is 0 Å². The number of hydrogen-bond donors (Lipinski definition) is 1. The smallest absolute Gasteiger partial charge is 0.389 e. The number of halogens is 3. The van der Waals surface area contributed by atoms with Crippen molar-refractivity contribution in [2.45, 2.75) is 37.9 Å². The third kappa shape index (κ3) is 3.62. The van der Waals surface area contributed by atoms with Crippen molar-refractivity contribution >= 4 is 0 Å². The number of fused-ring (bicyclic) bond motifs is 1. The number of nitrogens with one attached hydrogen (secondary N) is 1. The van der Waals surface area contributed by atoms with Gasteiger partial charge >= 0.3 is 6.18 Å². The van der Waals surface area contributed by atoms with Gasteiger partial charge in [0.2, 0.25) is 0 Å². The lowest BCUT2D eigenvalue weighted by Crippen LogP contribution is -2.30. The number of methoxy groups -OCH3 is 1. The zero-order valence-corrected chi connectivity index (χ0v) is 10.9. The predicted molar refractivity (Wildman–Crippen MR) is 67.3 cm³/mol. The molecule has 1 aromatic rings. The quantitative estimate of drug-likeness (QED) is 0.904. The Kier molecular flexibility index (Phi) is 4.34. The Balaban J connectivity index is 2.06. The minimum atomic E-state index is -4.06. The summed E-state index contributed by atoms with van der Waals surface area (Å²) in [5, 5.41) is 3.29. The molecule has 0 spiro atoms. The first-order valence-corrected chi connectivity index (χ1v) is 6.47. The first-order chi connectivity index (χ1) is 9.01. The summed E-state index contributed by atoms with van der Waals surface area (Å²) in [5.41, 5.74) is 2.20. The Morgan fingerprint density at radius 3 is 2.84 bits per heavy atom. The SMILES string of the molecule is COc1cccc2c1CCNC2CCCC(F)(F)F. The van der Waals surface area contributed by atoms with Crippen LogP contribution < -0.4 is 10.1 Å². The normalized spacial score (nSPS) is 19.1. The van der Waals surface area contributed by atoms with E-state index in [1.165, 1.54) is 0 Å². The molecule has 5 heteroatoms. The number of ether oxygens (including phenoxy) is 1. The fourth-order valence-corrected chi connectivity index (χ4v) is 2.61. The van der Waals surface area contributed by atoms with Crippen LogP contribution in [0, 0.1) is 0 Å². The average Bonchev–Trinajstić information content (AvgIpc) is 2.37. The third-order valence-electron chi connectivity index (χ3n) is 3.48. The van der Waals surface area contributed by atoms with Crippen molar-refractivity contribution in [1.82, 2.24) is 5.32 Å². The highest BCUT2D eigenvalue weighted by Gasteiger charge is 2.28. The molecule has 1 aliphatic rings. The highest BCUT2D eigenvalue weighted by atomic mass is 19.4. The lowest BCUT2D eigenvalue weighted by molar-refractivity contribution is -0.135. The molecule has 1 N–H and O–H groups in total. The van der Waals surface area contributed by atoms with Gasteiger partial charge in [0.05, 0.1) is 7.11 Å². The fourth-order valence-electron chi connectivity index (χ4n) is 2.61. The second kappa shape index (κ2) is 5.82. The third-order valence-corrected chi connectivity index (χ3v) is 3.48. The van der Waals surface area contributed by atoms with Crippen LogP contribution in [0.3, 0.4) is 0 Å². The van der Waals surface area contributed by atoms with Crippen LogP contribution in [-0.4, -0.2) is 19.8 Å². The second-order valence-corrected chi connectivity index (χ2v) is 4.79. The van der Waals surface area contributed by atoms with Crippen molar-refractivity contribution < 1.29 is 17.9 Å². The summed E-state index contributed by atoms with van der Waals surface area (Å²) in [6.45, 7) is 0.782. The first kappa shape index (κ1) is 14.2. The summed E-state index contributed by atoms with van der Waals surface area (Å²) in [6.07, 6.45) is -3.27. The molecule has 0 amide bonds. The number of rotatable bonds is 4. The number of hydrogen-bond acceptors (Lipinski definition) is 2. The van der Waals surface area contributed by atoms with E-state index in [-0.39, 0.29) is 12.5 Å². The first-order valence-electron chi connectivity index (χ1n) is 6.47. The van der Waals surface area contributed by atoms with Gasteiger partial charge in [-0.1, -0.05) is 12.1 Å². The van der Waals surface area contributed by atoms with Gasteiger partial charge in [-0.25, -0.2) is 0 Å². The maximum absolute atomic E-state index is 12.2. The van der Waals surface area contributed by atoms with Gasteiger partial charge in [0.25, 0.3) is 0 Å². The average molecular weight is 273 g/mol.